The third-order valence-corrected chi connectivity index (χ3v) is 6.54. The molecule has 26 heavy (non-hydrogen) atoms. The topological polar surface area (TPSA) is 51.2 Å². The van der Waals surface area contributed by atoms with E-state index < -0.39 is 32.6 Å². The number of fused-ring (bicyclic) bond motifs is 2. The number of hydrogen-bond donors (Lipinski definition) is 0. The number of rotatable bonds is 1. The van der Waals surface area contributed by atoms with Crippen LogP contribution in [0.5, 0.6) is 0 Å². The van der Waals surface area contributed by atoms with Crippen molar-refractivity contribution in [2.45, 2.75) is 16.3 Å². The van der Waals surface area contributed by atoms with Crippen LogP contribution >= 0.6 is 0 Å². The first-order valence-electron chi connectivity index (χ1n) is 7.67. The van der Waals surface area contributed by atoms with Crippen molar-refractivity contribution >= 4 is 26.4 Å². The van der Waals surface area contributed by atoms with Crippen LogP contribution in [0.15, 0.2) is 65.6 Å². The van der Waals surface area contributed by atoms with Crippen molar-refractivity contribution in [1.29, 1.82) is 0 Å². The highest BCUT2D eigenvalue weighted by Crippen LogP contribution is 2.43. The summed E-state index contributed by atoms with van der Waals surface area (Å²) in [6, 6.07) is 13.8. The maximum atomic E-state index is 13.0. The van der Waals surface area contributed by atoms with Crippen molar-refractivity contribution in [2.24, 2.45) is 0 Å². The zero-order valence-electron chi connectivity index (χ0n) is 13.1. The maximum absolute atomic E-state index is 13.0. The Bertz CT molecular complexity index is 1160. The maximum Gasteiger partial charge on any atom is 0.416 e. The van der Waals surface area contributed by atoms with Crippen molar-refractivity contribution in [2.75, 3.05) is 0 Å². The Balaban J connectivity index is 1.92. The second-order valence-electron chi connectivity index (χ2n) is 6.11. The minimum absolute atomic E-state index is 0.0195. The third kappa shape index (κ3) is 2.42. The van der Waals surface area contributed by atoms with Crippen molar-refractivity contribution in [3.8, 4) is 0 Å². The molecule has 7 heteroatoms. The van der Waals surface area contributed by atoms with Gasteiger partial charge in [0.25, 0.3) is 0 Å². The Kier molecular flexibility index (Phi) is 3.49. The Morgan fingerprint density at radius 3 is 2.15 bits per heavy atom. The summed E-state index contributed by atoms with van der Waals surface area (Å²) in [4.78, 5) is 12.6. The zero-order chi connectivity index (χ0) is 18.7. The van der Waals surface area contributed by atoms with E-state index in [-0.39, 0.29) is 16.0 Å². The number of sulfone groups is 1. The molecule has 0 amide bonds. The van der Waals surface area contributed by atoms with Gasteiger partial charge in [-0.05, 0) is 34.5 Å². The van der Waals surface area contributed by atoms with E-state index in [9.17, 15) is 26.4 Å². The van der Waals surface area contributed by atoms with E-state index >= 15 is 0 Å². The molecule has 0 aromatic heterocycles. The number of halogens is 3. The second-order valence-corrected chi connectivity index (χ2v) is 8.11. The molecule has 0 spiro atoms. The summed E-state index contributed by atoms with van der Waals surface area (Å²) in [5, 5.41) is -0.316. The van der Waals surface area contributed by atoms with Gasteiger partial charge in [0.1, 0.15) is 0 Å². The van der Waals surface area contributed by atoms with Crippen LogP contribution in [0.25, 0.3) is 10.8 Å². The molecule has 0 fully saturated rings. The number of ketones is 1. The largest absolute Gasteiger partial charge is 0.416 e. The molecule has 132 valence electrons. The molecular weight excluding hydrogens is 365 g/mol. The molecule has 0 saturated heterocycles. The van der Waals surface area contributed by atoms with E-state index in [4.69, 9.17) is 0 Å². The average molecular weight is 376 g/mol. The molecule has 3 aromatic carbocycles. The van der Waals surface area contributed by atoms with Crippen LogP contribution in [0.1, 0.15) is 26.7 Å². The smallest absolute Gasteiger partial charge is 0.292 e. The molecule has 0 N–H and O–H groups in total. The van der Waals surface area contributed by atoms with Gasteiger partial charge in [-0.15, -0.1) is 0 Å². The predicted octanol–water partition coefficient (Wildman–Crippen LogP) is 4.57. The lowest BCUT2D eigenvalue weighted by Gasteiger charge is -2.12. The summed E-state index contributed by atoms with van der Waals surface area (Å²) in [5.74, 6) is -0.704. The zero-order valence-corrected chi connectivity index (χ0v) is 13.9. The Morgan fingerprint density at radius 2 is 1.50 bits per heavy atom. The van der Waals surface area contributed by atoms with Crippen LogP contribution in [0.4, 0.5) is 13.2 Å². The van der Waals surface area contributed by atoms with Crippen LogP contribution in [0, 0.1) is 0 Å². The summed E-state index contributed by atoms with van der Waals surface area (Å²) in [6.07, 6.45) is -4.62. The summed E-state index contributed by atoms with van der Waals surface area (Å²) in [7, 11) is -4.12. The number of hydrogen-bond acceptors (Lipinski definition) is 3. The number of Topliss-reactive ketones (excluding diaryl/α,β-unsaturated/α-hetero) is 1. The van der Waals surface area contributed by atoms with Crippen LogP contribution < -0.4 is 0 Å². The highest BCUT2D eigenvalue weighted by Gasteiger charge is 2.46. The number of carbonyl (C=O) groups is 1. The SMILES string of the molecule is O=C1c2cc3ccccc3cc2S(=O)(=O)[C@@H]1c1cccc(C(F)(F)F)c1. The van der Waals surface area contributed by atoms with Gasteiger partial charge in [-0.2, -0.15) is 13.2 Å². The highest BCUT2D eigenvalue weighted by atomic mass is 32.2. The van der Waals surface area contributed by atoms with Crippen molar-refractivity contribution < 1.29 is 26.4 Å². The molecule has 3 nitrogen and oxygen atoms in total. The standard InChI is InChI=1S/C19H11F3O3S/c20-19(21,22)14-7-3-6-13(8-14)18-17(23)15-9-11-4-1-2-5-12(11)10-16(15)26(18,24)25/h1-10,18H/t18-/m1/s1. The fourth-order valence-electron chi connectivity index (χ4n) is 3.27. The van der Waals surface area contributed by atoms with Gasteiger partial charge in [0, 0.05) is 5.56 Å². The van der Waals surface area contributed by atoms with E-state index in [1.54, 1.807) is 24.3 Å². The van der Waals surface area contributed by atoms with E-state index in [2.05, 4.69) is 0 Å². The molecule has 0 unspecified atom stereocenters. The molecular formula is C19H11F3O3S. The summed E-state index contributed by atoms with van der Waals surface area (Å²) < 4.78 is 64.7. The monoisotopic (exact) mass is 376 g/mol. The van der Waals surface area contributed by atoms with Gasteiger partial charge in [0.05, 0.1) is 10.5 Å². The van der Waals surface area contributed by atoms with Gasteiger partial charge in [-0.25, -0.2) is 8.42 Å². The molecule has 0 bridgehead atoms. The highest BCUT2D eigenvalue weighted by molar-refractivity contribution is 7.93. The summed E-state index contributed by atoms with van der Waals surface area (Å²) in [5.41, 5.74) is -1.14. The van der Waals surface area contributed by atoms with Gasteiger partial charge >= 0.3 is 6.18 Å². The molecule has 0 saturated carbocycles. The third-order valence-electron chi connectivity index (χ3n) is 4.49. The van der Waals surface area contributed by atoms with Crippen LogP contribution in [-0.2, 0) is 16.0 Å². The molecule has 1 heterocycles. The molecule has 1 atom stereocenters. The molecule has 4 rings (SSSR count). The van der Waals surface area contributed by atoms with Crippen molar-refractivity contribution in [1.82, 2.24) is 0 Å². The summed E-state index contributed by atoms with van der Waals surface area (Å²) >= 11 is 0. The van der Waals surface area contributed by atoms with E-state index in [0.717, 1.165) is 18.2 Å². The van der Waals surface area contributed by atoms with Crippen molar-refractivity contribution in [3.05, 3.63) is 77.4 Å². The first-order valence-corrected chi connectivity index (χ1v) is 9.22. The molecule has 0 radical (unpaired) electrons. The van der Waals surface area contributed by atoms with Crippen LogP contribution in [0.3, 0.4) is 0 Å². The molecule has 0 aliphatic carbocycles. The van der Waals surface area contributed by atoms with E-state index in [0.29, 0.717) is 10.8 Å². The quantitative estimate of drug-likeness (QED) is 0.625. The fourth-order valence-corrected chi connectivity index (χ4v) is 5.19. The molecule has 1 aliphatic heterocycles. The number of benzene rings is 3. The minimum Gasteiger partial charge on any atom is -0.292 e. The lowest BCUT2D eigenvalue weighted by Crippen LogP contribution is -2.15. The predicted molar refractivity (Wildman–Crippen MR) is 89.6 cm³/mol. The number of carbonyl (C=O) groups excluding carboxylic acids is 1. The Labute approximate surface area is 147 Å². The fraction of sp³-hybridized carbons (Fsp3) is 0.105. The summed E-state index contributed by atoms with van der Waals surface area (Å²) in [6.45, 7) is 0. The van der Waals surface area contributed by atoms with Crippen LogP contribution in [0.2, 0.25) is 0 Å². The minimum atomic E-state index is -4.62. The Hall–Kier alpha value is -2.67. The van der Waals surface area contributed by atoms with Crippen LogP contribution in [-0.4, -0.2) is 14.2 Å². The lowest BCUT2D eigenvalue weighted by atomic mass is 9.99. The number of alkyl halides is 3. The van der Waals surface area contributed by atoms with Gasteiger partial charge in [-0.3, -0.25) is 4.79 Å². The normalized spacial score (nSPS) is 18.9. The lowest BCUT2D eigenvalue weighted by molar-refractivity contribution is -0.137. The van der Waals surface area contributed by atoms with E-state index in [1.165, 1.54) is 18.2 Å². The second kappa shape index (κ2) is 5.41. The Morgan fingerprint density at radius 1 is 0.846 bits per heavy atom. The van der Waals surface area contributed by atoms with Gasteiger partial charge < -0.3 is 0 Å². The van der Waals surface area contributed by atoms with Gasteiger partial charge in [0.2, 0.25) is 0 Å². The van der Waals surface area contributed by atoms with Gasteiger partial charge in [0.15, 0.2) is 20.9 Å². The molecule has 1 aliphatic rings. The molecule has 3 aromatic rings. The first-order chi connectivity index (χ1) is 12.2. The first kappa shape index (κ1) is 16.8. The van der Waals surface area contributed by atoms with Gasteiger partial charge in [-0.1, -0.05) is 42.5 Å². The van der Waals surface area contributed by atoms with E-state index in [1.807, 2.05) is 0 Å². The van der Waals surface area contributed by atoms with Crippen molar-refractivity contribution in [3.63, 3.8) is 0 Å². The average Bonchev–Trinajstić information content (AvgIpc) is 2.78.